The van der Waals surface area contributed by atoms with E-state index in [9.17, 15) is 0 Å². The van der Waals surface area contributed by atoms with E-state index in [1.54, 1.807) is 0 Å². The fourth-order valence-electron chi connectivity index (χ4n) is 2.10. The van der Waals surface area contributed by atoms with Gasteiger partial charge in [-0.2, -0.15) is 5.10 Å². The van der Waals surface area contributed by atoms with E-state index in [4.69, 9.17) is 4.74 Å². The van der Waals surface area contributed by atoms with E-state index in [-0.39, 0.29) is 0 Å². The van der Waals surface area contributed by atoms with Gasteiger partial charge in [0.05, 0.1) is 18.8 Å². The van der Waals surface area contributed by atoms with Gasteiger partial charge in [-0.05, 0) is 32.4 Å². The minimum Gasteiger partial charge on any atom is -0.379 e. The number of nitrogens with one attached hydrogen (secondary N) is 1. The average molecular weight is 287 g/mol. The van der Waals surface area contributed by atoms with Crippen molar-refractivity contribution >= 4 is 0 Å². The SMILES string of the molecule is CC(C)OCCCNCCn1cc(-c2ccccc2)cn1. The molecule has 0 spiro atoms. The molecule has 21 heavy (non-hydrogen) atoms. The summed E-state index contributed by atoms with van der Waals surface area (Å²) in [5.41, 5.74) is 2.38. The Labute approximate surface area is 127 Å². The van der Waals surface area contributed by atoms with Crippen molar-refractivity contribution < 1.29 is 4.74 Å². The molecule has 4 heteroatoms. The Hall–Kier alpha value is -1.65. The molecule has 0 aliphatic heterocycles. The van der Waals surface area contributed by atoms with E-state index in [2.05, 4.69) is 42.6 Å². The predicted octanol–water partition coefficient (Wildman–Crippen LogP) is 2.95. The lowest BCUT2D eigenvalue weighted by atomic mass is 10.1. The van der Waals surface area contributed by atoms with Crippen molar-refractivity contribution in [2.75, 3.05) is 19.7 Å². The molecule has 1 aromatic carbocycles. The van der Waals surface area contributed by atoms with Gasteiger partial charge in [0.2, 0.25) is 0 Å². The fraction of sp³-hybridized carbons (Fsp3) is 0.471. The van der Waals surface area contributed by atoms with Gasteiger partial charge >= 0.3 is 0 Å². The van der Waals surface area contributed by atoms with Gasteiger partial charge < -0.3 is 10.1 Å². The molecular weight excluding hydrogens is 262 g/mol. The van der Waals surface area contributed by atoms with Gasteiger partial charge in [-0.25, -0.2) is 0 Å². The van der Waals surface area contributed by atoms with Crippen LogP contribution in [0, 0.1) is 0 Å². The molecule has 4 nitrogen and oxygen atoms in total. The van der Waals surface area contributed by atoms with Crippen molar-refractivity contribution in [3.8, 4) is 11.1 Å². The van der Waals surface area contributed by atoms with Crippen LogP contribution in [0.5, 0.6) is 0 Å². The first-order valence-corrected chi connectivity index (χ1v) is 7.66. The summed E-state index contributed by atoms with van der Waals surface area (Å²) in [6.45, 7) is 7.75. The molecule has 1 aromatic heterocycles. The third kappa shape index (κ3) is 5.69. The van der Waals surface area contributed by atoms with Crippen LogP contribution in [0.1, 0.15) is 20.3 Å². The van der Waals surface area contributed by atoms with E-state index >= 15 is 0 Å². The van der Waals surface area contributed by atoms with Crippen LogP contribution in [-0.2, 0) is 11.3 Å². The first kappa shape index (κ1) is 15.7. The minimum absolute atomic E-state index is 0.325. The van der Waals surface area contributed by atoms with E-state index in [1.165, 1.54) is 11.1 Å². The number of rotatable bonds is 9. The van der Waals surface area contributed by atoms with Gasteiger partial charge in [-0.3, -0.25) is 4.68 Å². The molecule has 0 radical (unpaired) electrons. The Morgan fingerprint density at radius 3 is 2.71 bits per heavy atom. The number of aromatic nitrogens is 2. The Kier molecular flexibility index (Phi) is 6.44. The Morgan fingerprint density at radius 2 is 1.95 bits per heavy atom. The summed E-state index contributed by atoms with van der Waals surface area (Å²) in [5, 5.41) is 7.82. The van der Waals surface area contributed by atoms with Crippen molar-refractivity contribution in [2.24, 2.45) is 0 Å². The van der Waals surface area contributed by atoms with E-state index in [0.29, 0.717) is 6.10 Å². The van der Waals surface area contributed by atoms with E-state index in [1.807, 2.05) is 29.1 Å². The maximum absolute atomic E-state index is 5.50. The zero-order chi connectivity index (χ0) is 14.9. The number of hydrogen-bond donors (Lipinski definition) is 1. The van der Waals surface area contributed by atoms with Gasteiger partial charge in [-0.15, -0.1) is 0 Å². The largest absolute Gasteiger partial charge is 0.379 e. The molecule has 0 unspecified atom stereocenters. The normalized spacial score (nSPS) is 11.2. The summed E-state index contributed by atoms with van der Waals surface area (Å²) in [6, 6.07) is 10.3. The van der Waals surface area contributed by atoms with Crippen LogP contribution in [-0.4, -0.2) is 35.6 Å². The highest BCUT2D eigenvalue weighted by atomic mass is 16.5. The highest BCUT2D eigenvalue weighted by molar-refractivity contribution is 5.61. The molecular formula is C17H25N3O. The van der Waals surface area contributed by atoms with Crippen molar-refractivity contribution in [2.45, 2.75) is 32.9 Å². The number of ether oxygens (including phenoxy) is 1. The van der Waals surface area contributed by atoms with E-state index in [0.717, 1.165) is 32.7 Å². The van der Waals surface area contributed by atoms with Crippen LogP contribution in [0.2, 0.25) is 0 Å². The summed E-state index contributed by atoms with van der Waals surface area (Å²) in [7, 11) is 0. The summed E-state index contributed by atoms with van der Waals surface area (Å²) >= 11 is 0. The maximum atomic E-state index is 5.50. The summed E-state index contributed by atoms with van der Waals surface area (Å²) in [6.07, 6.45) is 5.39. The Bertz CT molecular complexity index is 508. The molecule has 2 rings (SSSR count). The molecule has 0 saturated carbocycles. The monoisotopic (exact) mass is 287 g/mol. The number of benzene rings is 1. The summed E-state index contributed by atoms with van der Waals surface area (Å²) < 4.78 is 7.49. The summed E-state index contributed by atoms with van der Waals surface area (Å²) in [5.74, 6) is 0. The highest BCUT2D eigenvalue weighted by Gasteiger charge is 2.00. The van der Waals surface area contributed by atoms with Crippen LogP contribution in [0.15, 0.2) is 42.7 Å². The molecule has 0 bridgehead atoms. The lowest BCUT2D eigenvalue weighted by Crippen LogP contribution is -2.22. The lowest BCUT2D eigenvalue weighted by Gasteiger charge is -2.08. The quantitative estimate of drug-likeness (QED) is 0.721. The number of hydrogen-bond acceptors (Lipinski definition) is 3. The Balaban J connectivity index is 1.65. The molecule has 2 aromatic rings. The second-order valence-electron chi connectivity index (χ2n) is 5.38. The van der Waals surface area contributed by atoms with Gasteiger partial charge in [0.15, 0.2) is 0 Å². The third-order valence-electron chi connectivity index (χ3n) is 3.21. The second kappa shape index (κ2) is 8.60. The zero-order valence-electron chi connectivity index (χ0n) is 13.0. The second-order valence-corrected chi connectivity index (χ2v) is 5.38. The average Bonchev–Trinajstić information content (AvgIpc) is 2.96. The van der Waals surface area contributed by atoms with Crippen molar-refractivity contribution in [3.63, 3.8) is 0 Å². The zero-order valence-corrected chi connectivity index (χ0v) is 13.0. The van der Waals surface area contributed by atoms with Crippen LogP contribution in [0.3, 0.4) is 0 Å². The van der Waals surface area contributed by atoms with E-state index < -0.39 is 0 Å². The maximum Gasteiger partial charge on any atom is 0.0568 e. The summed E-state index contributed by atoms with van der Waals surface area (Å²) in [4.78, 5) is 0. The van der Waals surface area contributed by atoms with Gasteiger partial charge in [0, 0.05) is 24.9 Å². The predicted molar refractivity (Wildman–Crippen MR) is 86.2 cm³/mol. The van der Waals surface area contributed by atoms with Crippen LogP contribution >= 0.6 is 0 Å². The number of nitrogens with zero attached hydrogens (tertiary/aromatic N) is 2. The molecule has 0 saturated heterocycles. The van der Waals surface area contributed by atoms with Gasteiger partial charge in [-0.1, -0.05) is 30.3 Å². The highest BCUT2D eigenvalue weighted by Crippen LogP contribution is 2.17. The van der Waals surface area contributed by atoms with Gasteiger partial charge in [0.1, 0.15) is 0 Å². The molecule has 114 valence electrons. The fourth-order valence-corrected chi connectivity index (χ4v) is 2.10. The standard InChI is InChI=1S/C17H25N3O/c1-15(2)21-12-6-9-18-10-11-20-14-17(13-19-20)16-7-4-3-5-8-16/h3-5,7-8,13-15,18H,6,9-12H2,1-2H3. The Morgan fingerprint density at radius 1 is 1.14 bits per heavy atom. The topological polar surface area (TPSA) is 39.1 Å². The van der Waals surface area contributed by atoms with Crippen molar-refractivity contribution in [3.05, 3.63) is 42.7 Å². The molecule has 0 atom stereocenters. The molecule has 0 aliphatic carbocycles. The third-order valence-corrected chi connectivity index (χ3v) is 3.21. The molecule has 1 N–H and O–H groups in total. The molecule has 0 fully saturated rings. The molecule has 0 aliphatic rings. The van der Waals surface area contributed by atoms with Crippen LogP contribution in [0.25, 0.3) is 11.1 Å². The minimum atomic E-state index is 0.325. The van der Waals surface area contributed by atoms with Crippen LogP contribution < -0.4 is 5.32 Å². The first-order chi connectivity index (χ1) is 10.3. The molecule has 0 amide bonds. The van der Waals surface area contributed by atoms with Crippen molar-refractivity contribution in [1.29, 1.82) is 0 Å². The first-order valence-electron chi connectivity index (χ1n) is 7.66. The van der Waals surface area contributed by atoms with Crippen LogP contribution in [0.4, 0.5) is 0 Å². The molecule has 1 heterocycles. The lowest BCUT2D eigenvalue weighted by molar-refractivity contribution is 0.0771. The van der Waals surface area contributed by atoms with Crippen molar-refractivity contribution in [1.82, 2.24) is 15.1 Å². The smallest absolute Gasteiger partial charge is 0.0568 e. The van der Waals surface area contributed by atoms with Gasteiger partial charge in [0.25, 0.3) is 0 Å².